The van der Waals surface area contributed by atoms with E-state index in [1.165, 1.54) is 38.9 Å². The molecule has 1 saturated heterocycles. The third-order valence-electron chi connectivity index (χ3n) is 2.73. The molecule has 17 heavy (non-hydrogen) atoms. The standard InChI is InChI=1S/C10H21N2.C2H6.CH3.2K/c1-10-4-8-12(9-5-10)7-3-6-11-2;1-2;;;/h10H,3-9H2,1-2H3;1-2H3;1H3;;/q-1;;-1;2*+1. The summed E-state index contributed by atoms with van der Waals surface area (Å²) in [6.07, 6.45) is 4.03. The minimum absolute atomic E-state index is 0. The predicted molar refractivity (Wildman–Crippen MR) is 71.4 cm³/mol. The van der Waals surface area contributed by atoms with Crippen molar-refractivity contribution in [1.29, 1.82) is 0 Å². The summed E-state index contributed by atoms with van der Waals surface area (Å²) in [7, 11) is 1.90. The average Bonchev–Trinajstić information content (AvgIpc) is 2.24. The Hall–Kier alpha value is 3.19. The molecular weight excluding hydrogens is 262 g/mol. The summed E-state index contributed by atoms with van der Waals surface area (Å²) in [5.41, 5.74) is 0. The van der Waals surface area contributed by atoms with Crippen LogP contribution in [-0.4, -0.2) is 38.1 Å². The number of piperidine rings is 1. The van der Waals surface area contributed by atoms with Gasteiger partial charge in [0.1, 0.15) is 0 Å². The molecule has 1 heterocycles. The van der Waals surface area contributed by atoms with Gasteiger partial charge in [0, 0.05) is 0 Å². The molecule has 94 valence electrons. The third kappa shape index (κ3) is 17.1. The molecule has 0 aromatic carbocycles. The molecule has 0 atom stereocenters. The summed E-state index contributed by atoms with van der Waals surface area (Å²) in [6, 6.07) is 0. The van der Waals surface area contributed by atoms with E-state index < -0.39 is 0 Å². The Labute approximate surface area is 195 Å². The molecule has 0 unspecified atom stereocenters. The van der Waals surface area contributed by atoms with E-state index >= 15 is 0 Å². The van der Waals surface area contributed by atoms with Crippen LogP contribution in [0.25, 0.3) is 5.32 Å². The van der Waals surface area contributed by atoms with Crippen molar-refractivity contribution in [3.63, 3.8) is 0 Å². The maximum Gasteiger partial charge on any atom is 1.00 e. The molecule has 0 N–H and O–H groups in total. The summed E-state index contributed by atoms with van der Waals surface area (Å²) in [5, 5.41) is 4.11. The number of nitrogens with zero attached hydrogens (tertiary/aromatic N) is 2. The Morgan fingerprint density at radius 3 is 2.00 bits per heavy atom. The Bertz CT molecular complexity index is 116. The second kappa shape index (κ2) is 21.5. The van der Waals surface area contributed by atoms with Gasteiger partial charge in [-0.1, -0.05) is 27.2 Å². The first-order valence-electron chi connectivity index (χ1n) is 6.11. The molecule has 0 bridgehead atoms. The molecule has 1 aliphatic rings. The first-order chi connectivity index (χ1) is 6.83. The van der Waals surface area contributed by atoms with Crippen molar-refractivity contribution in [3.8, 4) is 0 Å². The monoisotopic (exact) mass is 292 g/mol. The summed E-state index contributed by atoms with van der Waals surface area (Å²) in [6.45, 7) is 11.3. The molecule has 0 saturated carbocycles. The van der Waals surface area contributed by atoms with Crippen LogP contribution in [0.2, 0.25) is 0 Å². The van der Waals surface area contributed by atoms with Crippen molar-refractivity contribution in [2.45, 2.75) is 40.0 Å². The minimum Gasteiger partial charge on any atom is -0.665 e. The fraction of sp³-hybridized carbons (Fsp3) is 0.923. The molecular formula is C13H30K2N2. The van der Waals surface area contributed by atoms with E-state index in [1.807, 2.05) is 20.9 Å². The zero-order valence-corrected chi connectivity index (χ0v) is 19.7. The quantitative estimate of drug-likeness (QED) is 0.321. The van der Waals surface area contributed by atoms with Gasteiger partial charge in [-0.3, -0.25) is 0 Å². The fourth-order valence-corrected chi connectivity index (χ4v) is 1.74. The van der Waals surface area contributed by atoms with Crippen LogP contribution < -0.4 is 103 Å². The smallest absolute Gasteiger partial charge is 0.665 e. The van der Waals surface area contributed by atoms with Crippen LogP contribution >= 0.6 is 0 Å². The topological polar surface area (TPSA) is 17.3 Å². The Morgan fingerprint density at radius 2 is 1.59 bits per heavy atom. The molecule has 0 spiro atoms. The first-order valence-corrected chi connectivity index (χ1v) is 6.11. The number of rotatable bonds is 4. The molecule has 0 radical (unpaired) electrons. The van der Waals surface area contributed by atoms with Crippen molar-refractivity contribution < 1.29 is 103 Å². The average molecular weight is 293 g/mol. The van der Waals surface area contributed by atoms with Crippen LogP contribution in [0.5, 0.6) is 0 Å². The van der Waals surface area contributed by atoms with E-state index in [4.69, 9.17) is 0 Å². The van der Waals surface area contributed by atoms with Gasteiger partial charge >= 0.3 is 103 Å². The van der Waals surface area contributed by atoms with Gasteiger partial charge in [-0.05, 0) is 38.4 Å². The van der Waals surface area contributed by atoms with Gasteiger partial charge in [-0.25, -0.2) is 0 Å². The number of hydrogen-bond acceptors (Lipinski definition) is 1. The zero-order valence-electron chi connectivity index (χ0n) is 13.4. The predicted octanol–water partition coefficient (Wildman–Crippen LogP) is -2.40. The molecule has 0 aromatic rings. The number of hydrogen-bond donors (Lipinski definition) is 0. The SMILES string of the molecule is CC.C[N-]CCCN1CCC(C)CC1.[CH3-].[K+].[K+]. The van der Waals surface area contributed by atoms with Crippen LogP contribution in [0.15, 0.2) is 0 Å². The van der Waals surface area contributed by atoms with Crippen LogP contribution in [0.4, 0.5) is 0 Å². The molecule has 2 nitrogen and oxygen atoms in total. The molecule has 0 amide bonds. The molecule has 1 rings (SSSR count). The largest absolute Gasteiger partial charge is 1.00 e. The van der Waals surface area contributed by atoms with Gasteiger partial charge in [-0.15, -0.1) is 6.54 Å². The van der Waals surface area contributed by atoms with E-state index in [0.717, 1.165) is 12.5 Å². The summed E-state index contributed by atoms with van der Waals surface area (Å²) < 4.78 is 0. The van der Waals surface area contributed by atoms with Gasteiger partial charge in [0.2, 0.25) is 0 Å². The van der Waals surface area contributed by atoms with Crippen molar-refractivity contribution in [1.82, 2.24) is 4.90 Å². The Balaban J connectivity index is -0.000000160. The van der Waals surface area contributed by atoms with Crippen LogP contribution in [-0.2, 0) is 0 Å². The molecule has 4 heteroatoms. The van der Waals surface area contributed by atoms with Crippen molar-refractivity contribution in [2.24, 2.45) is 5.92 Å². The fourth-order valence-electron chi connectivity index (χ4n) is 1.74. The van der Waals surface area contributed by atoms with E-state index in [-0.39, 0.29) is 110 Å². The van der Waals surface area contributed by atoms with Gasteiger partial charge in [0.15, 0.2) is 0 Å². The second-order valence-electron chi connectivity index (χ2n) is 3.92. The van der Waals surface area contributed by atoms with Crippen molar-refractivity contribution >= 4 is 0 Å². The van der Waals surface area contributed by atoms with Crippen LogP contribution in [0.3, 0.4) is 0 Å². The maximum atomic E-state index is 4.11. The summed E-state index contributed by atoms with van der Waals surface area (Å²) in [4.78, 5) is 2.57. The minimum atomic E-state index is 0. The Kier molecular flexibility index (Phi) is 35.9. The first kappa shape index (κ1) is 28.4. The van der Waals surface area contributed by atoms with Gasteiger partial charge in [-0.2, -0.15) is 7.05 Å². The van der Waals surface area contributed by atoms with E-state index in [0.29, 0.717) is 0 Å². The van der Waals surface area contributed by atoms with Crippen LogP contribution in [0, 0.1) is 13.3 Å². The molecule has 0 aliphatic carbocycles. The van der Waals surface area contributed by atoms with E-state index in [9.17, 15) is 0 Å². The summed E-state index contributed by atoms with van der Waals surface area (Å²) in [5.74, 6) is 0.956. The van der Waals surface area contributed by atoms with E-state index in [1.54, 1.807) is 0 Å². The molecule has 0 aromatic heterocycles. The number of likely N-dealkylation sites (tertiary alicyclic amines) is 1. The summed E-state index contributed by atoms with van der Waals surface area (Å²) >= 11 is 0. The van der Waals surface area contributed by atoms with Gasteiger partial charge < -0.3 is 17.6 Å². The maximum absolute atomic E-state index is 4.11. The van der Waals surface area contributed by atoms with Gasteiger partial charge in [0.25, 0.3) is 0 Å². The van der Waals surface area contributed by atoms with Crippen LogP contribution in [0.1, 0.15) is 40.0 Å². The Morgan fingerprint density at radius 1 is 1.12 bits per heavy atom. The third-order valence-corrected chi connectivity index (χ3v) is 2.73. The van der Waals surface area contributed by atoms with Crippen molar-refractivity contribution in [3.05, 3.63) is 12.7 Å². The second-order valence-corrected chi connectivity index (χ2v) is 3.92. The van der Waals surface area contributed by atoms with E-state index in [2.05, 4.69) is 17.1 Å². The molecule has 1 fully saturated rings. The normalized spacial score (nSPS) is 15.5. The van der Waals surface area contributed by atoms with Crippen molar-refractivity contribution in [2.75, 3.05) is 33.2 Å². The zero-order chi connectivity index (χ0) is 10.8. The molecule has 1 aliphatic heterocycles. The van der Waals surface area contributed by atoms with Gasteiger partial charge in [0.05, 0.1) is 0 Å².